The molecule has 43 heavy (non-hydrogen) atoms. The van der Waals surface area contributed by atoms with Crippen LogP contribution in [0.1, 0.15) is 62.5 Å². The fourth-order valence-electron chi connectivity index (χ4n) is 4.19. The van der Waals surface area contributed by atoms with Crippen molar-refractivity contribution in [2.75, 3.05) is 5.75 Å². The molecule has 0 bridgehead atoms. The lowest BCUT2D eigenvalue weighted by Crippen LogP contribution is -2.57. The van der Waals surface area contributed by atoms with Crippen molar-refractivity contribution >= 4 is 46.5 Å². The molecule has 0 saturated heterocycles. The highest BCUT2D eigenvalue weighted by atomic mass is 32.2. The molecule has 230 valence electrons. The second-order valence-corrected chi connectivity index (χ2v) is 12.4. The standard InChI is InChI=1S/C32H39N3O7S/c1-7-19(2)27(34-31(40)42-32(4,5)6)30(39)33-24(18-43-17-21-11-9-8-10-12-21)29(38)35-28(37)22-13-14-23-20(3)15-26(36)41-25(23)16-22/h8-16,19,24,27H,7,17-18H2,1-6H3,(H,33,39)(H,34,40)(H,35,37,38)/t19-,24-,27-/m0/s1. The number of aryl methyl sites for hydroxylation is 1. The zero-order chi connectivity index (χ0) is 31.7. The van der Waals surface area contributed by atoms with Crippen molar-refractivity contribution in [3.05, 3.63) is 81.7 Å². The average molecular weight is 610 g/mol. The van der Waals surface area contributed by atoms with Gasteiger partial charge in [0.2, 0.25) is 11.8 Å². The lowest BCUT2D eigenvalue weighted by Gasteiger charge is -2.28. The Bertz CT molecular complexity index is 1510. The monoisotopic (exact) mass is 609 g/mol. The van der Waals surface area contributed by atoms with Gasteiger partial charge in [0.15, 0.2) is 0 Å². The summed E-state index contributed by atoms with van der Waals surface area (Å²) < 4.78 is 10.6. The average Bonchev–Trinajstić information content (AvgIpc) is 2.94. The number of ether oxygens (including phenoxy) is 1. The fraction of sp³-hybridized carbons (Fsp3) is 0.406. The fourth-order valence-corrected chi connectivity index (χ4v) is 5.20. The molecule has 0 fully saturated rings. The first-order valence-corrected chi connectivity index (χ1v) is 15.2. The van der Waals surface area contributed by atoms with Gasteiger partial charge in [-0.05, 0) is 56.9 Å². The number of hydrogen-bond acceptors (Lipinski definition) is 8. The molecule has 0 saturated carbocycles. The zero-order valence-corrected chi connectivity index (χ0v) is 26.1. The predicted octanol–water partition coefficient (Wildman–Crippen LogP) is 4.72. The minimum atomic E-state index is -1.10. The topological polar surface area (TPSA) is 144 Å². The first-order valence-electron chi connectivity index (χ1n) is 14.1. The third-order valence-corrected chi connectivity index (χ3v) is 7.75. The van der Waals surface area contributed by atoms with Gasteiger partial charge in [0.25, 0.3) is 5.91 Å². The van der Waals surface area contributed by atoms with E-state index >= 15 is 0 Å². The zero-order valence-electron chi connectivity index (χ0n) is 25.3. The summed E-state index contributed by atoms with van der Waals surface area (Å²) in [5.41, 5.74) is 0.752. The Labute approximate surface area is 255 Å². The van der Waals surface area contributed by atoms with Gasteiger partial charge in [0, 0.05) is 28.5 Å². The van der Waals surface area contributed by atoms with E-state index in [2.05, 4.69) is 16.0 Å². The Morgan fingerprint density at radius 2 is 1.67 bits per heavy atom. The highest BCUT2D eigenvalue weighted by molar-refractivity contribution is 7.98. The third kappa shape index (κ3) is 9.99. The lowest BCUT2D eigenvalue weighted by atomic mass is 9.98. The van der Waals surface area contributed by atoms with E-state index in [9.17, 15) is 24.0 Å². The molecule has 3 aromatic rings. The highest BCUT2D eigenvalue weighted by Crippen LogP contribution is 2.19. The number of rotatable bonds is 11. The molecule has 0 spiro atoms. The van der Waals surface area contributed by atoms with Crippen LogP contribution in [0.2, 0.25) is 0 Å². The lowest BCUT2D eigenvalue weighted by molar-refractivity contribution is -0.129. The smallest absolute Gasteiger partial charge is 0.408 e. The van der Waals surface area contributed by atoms with Crippen LogP contribution in [-0.4, -0.2) is 47.3 Å². The van der Waals surface area contributed by atoms with Crippen LogP contribution in [0.25, 0.3) is 11.0 Å². The highest BCUT2D eigenvalue weighted by Gasteiger charge is 2.32. The van der Waals surface area contributed by atoms with Gasteiger partial charge in [0.05, 0.1) is 0 Å². The molecule has 1 heterocycles. The van der Waals surface area contributed by atoms with E-state index in [1.807, 2.05) is 44.2 Å². The van der Waals surface area contributed by atoms with Crippen molar-refractivity contribution in [1.29, 1.82) is 0 Å². The maximum absolute atomic E-state index is 13.5. The Hall–Kier alpha value is -4.12. The third-order valence-electron chi connectivity index (χ3n) is 6.65. The number of carbonyl (C=O) groups excluding carboxylic acids is 4. The first-order chi connectivity index (χ1) is 20.3. The van der Waals surface area contributed by atoms with Gasteiger partial charge in [0.1, 0.15) is 23.3 Å². The quantitative estimate of drug-likeness (QED) is 0.265. The van der Waals surface area contributed by atoms with Crippen LogP contribution in [0.15, 0.2) is 63.8 Å². The Kier molecular flexibility index (Phi) is 11.5. The SMILES string of the molecule is CC[C@H](C)[C@H](NC(=O)OC(C)(C)C)C(=O)N[C@@H](CSCc1ccccc1)C(=O)NC(=O)c1ccc2c(C)cc(=O)oc2c1. The largest absolute Gasteiger partial charge is 0.444 e. The molecule has 0 radical (unpaired) electrons. The molecule has 0 aliphatic rings. The van der Waals surface area contributed by atoms with Gasteiger partial charge in [-0.2, -0.15) is 11.8 Å². The number of imide groups is 1. The Morgan fingerprint density at radius 3 is 2.33 bits per heavy atom. The number of nitrogens with one attached hydrogen (secondary N) is 3. The van der Waals surface area contributed by atoms with Crippen LogP contribution < -0.4 is 21.6 Å². The normalized spacial score (nSPS) is 13.4. The van der Waals surface area contributed by atoms with Crippen LogP contribution in [0, 0.1) is 12.8 Å². The molecular formula is C32H39N3O7S. The van der Waals surface area contributed by atoms with E-state index in [1.54, 1.807) is 33.8 Å². The molecule has 11 heteroatoms. The number of carbonyl (C=O) groups is 4. The molecule has 0 unspecified atom stereocenters. The van der Waals surface area contributed by atoms with E-state index in [1.165, 1.54) is 30.0 Å². The number of benzene rings is 2. The van der Waals surface area contributed by atoms with E-state index in [4.69, 9.17) is 9.15 Å². The number of fused-ring (bicyclic) bond motifs is 1. The van der Waals surface area contributed by atoms with Crippen LogP contribution in [0.5, 0.6) is 0 Å². The molecule has 3 N–H and O–H groups in total. The summed E-state index contributed by atoms with van der Waals surface area (Å²) in [5.74, 6) is -1.55. The van der Waals surface area contributed by atoms with Gasteiger partial charge in [-0.15, -0.1) is 0 Å². The van der Waals surface area contributed by atoms with Crippen LogP contribution in [0.4, 0.5) is 4.79 Å². The van der Waals surface area contributed by atoms with Gasteiger partial charge >= 0.3 is 11.7 Å². The molecular weight excluding hydrogens is 570 g/mol. The summed E-state index contributed by atoms with van der Waals surface area (Å²) >= 11 is 1.41. The molecule has 0 aliphatic carbocycles. The Morgan fingerprint density at radius 1 is 0.977 bits per heavy atom. The minimum Gasteiger partial charge on any atom is -0.444 e. The molecule has 10 nitrogen and oxygen atoms in total. The summed E-state index contributed by atoms with van der Waals surface area (Å²) in [5, 5.41) is 8.39. The number of amides is 4. The second kappa shape index (κ2) is 14.9. The summed E-state index contributed by atoms with van der Waals surface area (Å²) in [6.45, 7) is 10.6. The molecule has 3 atom stereocenters. The van der Waals surface area contributed by atoms with Crippen molar-refractivity contribution in [3.8, 4) is 0 Å². The number of alkyl carbamates (subject to hydrolysis) is 1. The van der Waals surface area contributed by atoms with Gasteiger partial charge < -0.3 is 19.8 Å². The molecule has 2 aromatic carbocycles. The molecule has 1 aromatic heterocycles. The molecule has 3 rings (SSSR count). The summed E-state index contributed by atoms with van der Waals surface area (Å²) in [6.07, 6.45) is -0.176. The minimum absolute atomic E-state index is 0.112. The first kappa shape index (κ1) is 33.4. The maximum atomic E-state index is 13.5. The van der Waals surface area contributed by atoms with Crippen LogP contribution in [-0.2, 0) is 20.1 Å². The summed E-state index contributed by atoms with van der Waals surface area (Å²) in [4.78, 5) is 64.3. The van der Waals surface area contributed by atoms with Crippen molar-refractivity contribution in [2.45, 2.75) is 71.4 Å². The molecule has 0 aliphatic heterocycles. The maximum Gasteiger partial charge on any atom is 0.408 e. The van der Waals surface area contributed by atoms with Crippen molar-refractivity contribution < 1.29 is 28.3 Å². The van der Waals surface area contributed by atoms with Gasteiger partial charge in [-0.1, -0.05) is 56.7 Å². The van der Waals surface area contributed by atoms with Crippen molar-refractivity contribution in [2.24, 2.45) is 5.92 Å². The van der Waals surface area contributed by atoms with Gasteiger partial charge in [-0.25, -0.2) is 9.59 Å². The van der Waals surface area contributed by atoms with Crippen molar-refractivity contribution in [1.82, 2.24) is 16.0 Å². The van der Waals surface area contributed by atoms with Crippen LogP contribution >= 0.6 is 11.8 Å². The van der Waals surface area contributed by atoms with E-state index in [-0.39, 0.29) is 22.8 Å². The summed E-state index contributed by atoms with van der Waals surface area (Å²) in [6, 6.07) is 13.5. The van der Waals surface area contributed by atoms with Crippen molar-refractivity contribution in [3.63, 3.8) is 0 Å². The van der Waals surface area contributed by atoms with E-state index in [0.717, 1.165) is 5.56 Å². The number of thioether (sulfide) groups is 1. The van der Waals surface area contributed by atoms with E-state index < -0.39 is 47.1 Å². The second-order valence-electron chi connectivity index (χ2n) is 11.3. The molecule has 4 amide bonds. The van der Waals surface area contributed by atoms with E-state index in [0.29, 0.717) is 23.1 Å². The van der Waals surface area contributed by atoms with Crippen LogP contribution in [0.3, 0.4) is 0 Å². The summed E-state index contributed by atoms with van der Waals surface area (Å²) in [7, 11) is 0. The Balaban J connectivity index is 1.79. The van der Waals surface area contributed by atoms with Gasteiger partial charge in [-0.3, -0.25) is 19.7 Å². The number of hydrogen-bond donors (Lipinski definition) is 3. The predicted molar refractivity (Wildman–Crippen MR) is 167 cm³/mol.